The van der Waals surface area contributed by atoms with E-state index in [1.54, 1.807) is 6.07 Å². The topological polar surface area (TPSA) is 25.2 Å². The first-order valence-corrected chi connectivity index (χ1v) is 6.57. The van der Waals surface area contributed by atoms with Gasteiger partial charge in [0.1, 0.15) is 5.76 Å². The molecule has 0 aliphatic carbocycles. The highest BCUT2D eigenvalue weighted by Crippen LogP contribution is 2.40. The molecule has 0 amide bonds. The molecule has 0 spiro atoms. The Labute approximate surface area is 106 Å². The zero-order valence-corrected chi connectivity index (χ0v) is 10.8. The Morgan fingerprint density at radius 2 is 2.22 bits per heavy atom. The van der Waals surface area contributed by atoms with Crippen molar-refractivity contribution in [3.8, 4) is 0 Å². The maximum absolute atomic E-state index is 13.7. The normalized spacial score (nSPS) is 24.2. The van der Waals surface area contributed by atoms with Crippen molar-refractivity contribution in [3.05, 3.63) is 35.8 Å². The Hall–Kier alpha value is -1.35. The van der Waals surface area contributed by atoms with E-state index in [1.807, 2.05) is 12.1 Å². The summed E-state index contributed by atoms with van der Waals surface area (Å²) >= 11 is 0. The Morgan fingerprint density at radius 1 is 1.39 bits per heavy atom. The largest absolute Gasteiger partial charge is 0.456 e. The smallest absolute Gasteiger partial charge is 0.169 e. The molecule has 0 radical (unpaired) electrons. The first-order chi connectivity index (χ1) is 8.63. The lowest BCUT2D eigenvalue weighted by Crippen LogP contribution is -2.41. The van der Waals surface area contributed by atoms with Crippen LogP contribution in [0.1, 0.15) is 32.4 Å². The van der Waals surface area contributed by atoms with Gasteiger partial charge in [0, 0.05) is 5.39 Å². The van der Waals surface area contributed by atoms with Crippen molar-refractivity contribution >= 4 is 11.0 Å². The molecule has 2 nitrogen and oxygen atoms in total. The van der Waals surface area contributed by atoms with Crippen LogP contribution in [0.3, 0.4) is 0 Å². The molecule has 1 atom stereocenters. The Balaban J connectivity index is 2.16. The molecule has 0 saturated carbocycles. The average molecular weight is 247 g/mol. The third-order valence-corrected chi connectivity index (χ3v) is 4.11. The van der Waals surface area contributed by atoms with Crippen molar-refractivity contribution in [1.29, 1.82) is 0 Å². The van der Waals surface area contributed by atoms with Gasteiger partial charge in [-0.3, -0.25) is 0 Å². The summed E-state index contributed by atoms with van der Waals surface area (Å²) in [6, 6.07) is 7.05. The van der Waals surface area contributed by atoms with Gasteiger partial charge in [0.05, 0.1) is 5.54 Å². The molecule has 96 valence electrons. The molecule has 1 fully saturated rings. The van der Waals surface area contributed by atoms with Crippen LogP contribution in [0.2, 0.25) is 0 Å². The Bertz CT molecular complexity index is 567. The summed E-state index contributed by atoms with van der Waals surface area (Å²) < 4.78 is 19.5. The van der Waals surface area contributed by atoms with Gasteiger partial charge < -0.3 is 9.73 Å². The lowest BCUT2D eigenvalue weighted by atomic mass is 9.82. The monoisotopic (exact) mass is 247 g/mol. The zero-order valence-electron chi connectivity index (χ0n) is 10.8. The molecule has 2 heterocycles. The summed E-state index contributed by atoms with van der Waals surface area (Å²) in [6.45, 7) is 5.36. The molecule has 1 unspecified atom stereocenters. The summed E-state index contributed by atoms with van der Waals surface area (Å²) in [4.78, 5) is 0. The quantitative estimate of drug-likeness (QED) is 0.873. The highest BCUT2D eigenvalue weighted by atomic mass is 19.1. The van der Waals surface area contributed by atoms with Crippen LogP contribution in [-0.4, -0.2) is 6.54 Å². The number of hydrogen-bond acceptors (Lipinski definition) is 2. The molecule has 18 heavy (non-hydrogen) atoms. The predicted molar refractivity (Wildman–Crippen MR) is 69.9 cm³/mol. The van der Waals surface area contributed by atoms with E-state index in [0.29, 0.717) is 11.5 Å². The second-order valence-electron chi connectivity index (χ2n) is 5.43. The van der Waals surface area contributed by atoms with E-state index in [1.165, 1.54) is 6.07 Å². The van der Waals surface area contributed by atoms with Crippen LogP contribution in [0.15, 0.2) is 28.7 Å². The van der Waals surface area contributed by atoms with Gasteiger partial charge in [-0.15, -0.1) is 0 Å². The maximum Gasteiger partial charge on any atom is 0.169 e. The summed E-state index contributed by atoms with van der Waals surface area (Å²) in [6.07, 6.45) is 2.18. The van der Waals surface area contributed by atoms with Crippen molar-refractivity contribution in [1.82, 2.24) is 5.32 Å². The van der Waals surface area contributed by atoms with Gasteiger partial charge in [0.2, 0.25) is 0 Å². The Kier molecular flexibility index (Phi) is 2.67. The lowest BCUT2D eigenvalue weighted by molar-refractivity contribution is 0.230. The van der Waals surface area contributed by atoms with E-state index in [2.05, 4.69) is 19.2 Å². The van der Waals surface area contributed by atoms with E-state index in [0.717, 1.165) is 30.5 Å². The zero-order chi connectivity index (χ0) is 12.8. The van der Waals surface area contributed by atoms with E-state index in [4.69, 9.17) is 4.42 Å². The van der Waals surface area contributed by atoms with Crippen molar-refractivity contribution in [2.45, 2.75) is 32.2 Å². The molecule has 2 aromatic rings. The third kappa shape index (κ3) is 1.57. The van der Waals surface area contributed by atoms with Crippen LogP contribution >= 0.6 is 0 Å². The number of fused-ring (bicyclic) bond motifs is 1. The van der Waals surface area contributed by atoms with Gasteiger partial charge in [-0.25, -0.2) is 4.39 Å². The first-order valence-electron chi connectivity index (χ1n) is 6.57. The SMILES string of the molecule is CC(C)C1(c2cc3cccc(F)c3o2)CCCN1. The Morgan fingerprint density at radius 3 is 2.83 bits per heavy atom. The fourth-order valence-corrected chi connectivity index (χ4v) is 3.00. The summed E-state index contributed by atoms with van der Waals surface area (Å²) in [5.74, 6) is 1.01. The van der Waals surface area contributed by atoms with Gasteiger partial charge in [-0.2, -0.15) is 0 Å². The number of benzene rings is 1. The lowest BCUT2D eigenvalue weighted by Gasteiger charge is -2.31. The van der Waals surface area contributed by atoms with Gasteiger partial charge in [-0.05, 0) is 37.4 Å². The van der Waals surface area contributed by atoms with Crippen molar-refractivity contribution in [2.24, 2.45) is 5.92 Å². The highest BCUT2D eigenvalue weighted by Gasteiger charge is 2.41. The summed E-state index contributed by atoms with van der Waals surface area (Å²) in [5, 5.41) is 4.40. The molecular weight excluding hydrogens is 229 g/mol. The third-order valence-electron chi connectivity index (χ3n) is 4.11. The highest BCUT2D eigenvalue weighted by molar-refractivity contribution is 5.78. The number of para-hydroxylation sites is 1. The van der Waals surface area contributed by atoms with Crippen molar-refractivity contribution in [3.63, 3.8) is 0 Å². The van der Waals surface area contributed by atoms with Gasteiger partial charge in [0.25, 0.3) is 0 Å². The minimum absolute atomic E-state index is 0.133. The maximum atomic E-state index is 13.7. The summed E-state index contributed by atoms with van der Waals surface area (Å²) in [7, 11) is 0. The molecule has 3 rings (SSSR count). The van der Waals surface area contributed by atoms with Crippen LogP contribution in [-0.2, 0) is 5.54 Å². The van der Waals surface area contributed by atoms with E-state index < -0.39 is 0 Å². The second kappa shape index (κ2) is 4.09. The minimum atomic E-state index is -0.282. The fraction of sp³-hybridized carbons (Fsp3) is 0.467. The van der Waals surface area contributed by atoms with Gasteiger partial charge in [-0.1, -0.05) is 26.0 Å². The molecule has 1 saturated heterocycles. The van der Waals surface area contributed by atoms with Crippen LogP contribution in [0.4, 0.5) is 4.39 Å². The first kappa shape index (κ1) is 11.7. The molecular formula is C15H18FNO. The standard InChI is InChI=1S/C15H18FNO/c1-10(2)15(7-4-8-17-15)13-9-11-5-3-6-12(16)14(11)18-13/h3,5-6,9-10,17H,4,7-8H2,1-2H3. The number of hydrogen-bond donors (Lipinski definition) is 1. The number of halogens is 1. The molecule has 1 aromatic carbocycles. The molecule has 1 aromatic heterocycles. The van der Waals surface area contributed by atoms with E-state index in [-0.39, 0.29) is 11.4 Å². The number of furan rings is 1. The van der Waals surface area contributed by atoms with Gasteiger partial charge >= 0.3 is 0 Å². The van der Waals surface area contributed by atoms with Crippen molar-refractivity contribution in [2.75, 3.05) is 6.54 Å². The molecule has 3 heteroatoms. The van der Waals surface area contributed by atoms with E-state index in [9.17, 15) is 4.39 Å². The van der Waals surface area contributed by atoms with Crippen molar-refractivity contribution < 1.29 is 8.81 Å². The van der Waals surface area contributed by atoms with Crippen LogP contribution in [0.25, 0.3) is 11.0 Å². The van der Waals surface area contributed by atoms with Crippen LogP contribution in [0.5, 0.6) is 0 Å². The van der Waals surface area contributed by atoms with Gasteiger partial charge in [0.15, 0.2) is 11.4 Å². The van der Waals surface area contributed by atoms with Crippen LogP contribution < -0.4 is 5.32 Å². The number of nitrogens with one attached hydrogen (secondary N) is 1. The molecule has 1 aliphatic heterocycles. The molecule has 1 N–H and O–H groups in total. The minimum Gasteiger partial charge on any atom is -0.456 e. The molecule has 0 bridgehead atoms. The number of rotatable bonds is 2. The second-order valence-corrected chi connectivity index (χ2v) is 5.43. The average Bonchev–Trinajstić information content (AvgIpc) is 2.96. The summed E-state index contributed by atoms with van der Waals surface area (Å²) in [5.41, 5.74) is 0.243. The van der Waals surface area contributed by atoms with Crippen LogP contribution in [0, 0.1) is 11.7 Å². The fourth-order valence-electron chi connectivity index (χ4n) is 3.00. The molecule has 1 aliphatic rings. The predicted octanol–water partition coefficient (Wildman–Crippen LogP) is 3.81. The van der Waals surface area contributed by atoms with E-state index >= 15 is 0 Å².